The quantitative estimate of drug-likeness (QED) is 0.566. The van der Waals surface area contributed by atoms with E-state index in [2.05, 4.69) is 9.47 Å². The number of carbonyl (C=O) groups is 2. The molecule has 0 saturated carbocycles. The Morgan fingerprint density at radius 3 is 2.31 bits per heavy atom. The summed E-state index contributed by atoms with van der Waals surface area (Å²) in [6.07, 6.45) is -1.94. The topological polar surface area (TPSA) is 82.1 Å². The van der Waals surface area contributed by atoms with Crippen molar-refractivity contribution in [2.24, 2.45) is 5.41 Å². The molecule has 0 aromatic carbocycles. The second-order valence-corrected chi connectivity index (χ2v) is 3.82. The fraction of sp³-hybridized carbons (Fsp3) is 0.800. The number of hydrogen-bond donors (Lipinski definition) is 1. The van der Waals surface area contributed by atoms with Crippen LogP contribution in [0.5, 0.6) is 0 Å². The maximum absolute atomic E-state index is 11.4. The van der Waals surface area contributed by atoms with Crippen LogP contribution in [0.4, 0.5) is 4.79 Å². The van der Waals surface area contributed by atoms with Crippen LogP contribution in [-0.2, 0) is 19.0 Å². The minimum absolute atomic E-state index is 0.182. The second kappa shape index (κ2) is 6.32. The van der Waals surface area contributed by atoms with E-state index in [4.69, 9.17) is 9.84 Å². The van der Waals surface area contributed by atoms with Gasteiger partial charge < -0.3 is 19.3 Å². The lowest BCUT2D eigenvalue weighted by Crippen LogP contribution is -2.34. The van der Waals surface area contributed by atoms with E-state index in [1.807, 2.05) is 0 Å². The predicted molar refractivity (Wildman–Crippen MR) is 54.5 cm³/mol. The lowest BCUT2D eigenvalue weighted by Gasteiger charge is -2.22. The molecule has 6 nitrogen and oxygen atoms in total. The summed E-state index contributed by atoms with van der Waals surface area (Å²) >= 11 is 0. The van der Waals surface area contributed by atoms with Crippen LogP contribution in [0.25, 0.3) is 0 Å². The van der Waals surface area contributed by atoms with Crippen LogP contribution in [0, 0.1) is 5.41 Å². The molecular weight excluding hydrogens is 216 g/mol. The highest BCUT2D eigenvalue weighted by Crippen LogP contribution is 2.17. The first-order valence-corrected chi connectivity index (χ1v) is 4.98. The van der Waals surface area contributed by atoms with Crippen LogP contribution in [0.3, 0.4) is 0 Å². The van der Waals surface area contributed by atoms with Gasteiger partial charge in [-0.25, -0.2) is 4.79 Å². The van der Waals surface area contributed by atoms with Crippen molar-refractivity contribution >= 4 is 12.1 Å². The Balaban J connectivity index is 4.10. The molecule has 0 aromatic rings. The highest BCUT2D eigenvalue weighted by molar-refractivity contribution is 5.76. The summed E-state index contributed by atoms with van der Waals surface area (Å²) in [5.74, 6) is -0.646. The summed E-state index contributed by atoms with van der Waals surface area (Å²) in [6.45, 7) is 5.90. The summed E-state index contributed by atoms with van der Waals surface area (Å²) in [5, 5.41) is 8.91. The minimum atomic E-state index is -1.04. The third-order valence-electron chi connectivity index (χ3n) is 1.75. The van der Waals surface area contributed by atoms with E-state index in [0.29, 0.717) is 0 Å². The van der Waals surface area contributed by atoms with Crippen molar-refractivity contribution < 1.29 is 28.9 Å². The fourth-order valence-electron chi connectivity index (χ4n) is 0.686. The largest absolute Gasteiger partial charge is 0.511 e. The zero-order chi connectivity index (χ0) is 12.8. The predicted octanol–water partition coefficient (Wildman–Crippen LogP) is 1.07. The SMILES string of the molecule is CCOC(=O)OC(C)OC(=O)C(C)(C)CO. The van der Waals surface area contributed by atoms with Gasteiger partial charge in [0.05, 0.1) is 18.6 Å². The molecule has 0 amide bonds. The number of rotatable bonds is 5. The number of carbonyl (C=O) groups excluding carboxylic acids is 2. The number of ether oxygens (including phenoxy) is 3. The van der Waals surface area contributed by atoms with E-state index in [1.54, 1.807) is 6.92 Å². The molecule has 0 aliphatic rings. The first-order chi connectivity index (χ1) is 7.33. The Kier molecular flexibility index (Phi) is 5.81. The third kappa shape index (κ3) is 4.97. The smallest absolute Gasteiger partial charge is 0.435 e. The number of aliphatic hydroxyl groups excluding tert-OH is 1. The van der Waals surface area contributed by atoms with E-state index in [-0.39, 0.29) is 13.2 Å². The molecule has 0 bridgehead atoms. The molecule has 0 saturated heterocycles. The standard InChI is InChI=1S/C10H18O6/c1-5-14-9(13)16-7(2)15-8(12)10(3,4)6-11/h7,11H,5-6H2,1-4H3. The molecule has 94 valence electrons. The van der Waals surface area contributed by atoms with Gasteiger partial charge in [-0.1, -0.05) is 0 Å². The van der Waals surface area contributed by atoms with Crippen molar-refractivity contribution in [3.05, 3.63) is 0 Å². The van der Waals surface area contributed by atoms with Crippen LogP contribution in [0.2, 0.25) is 0 Å². The molecule has 1 N–H and O–H groups in total. The zero-order valence-corrected chi connectivity index (χ0v) is 9.98. The van der Waals surface area contributed by atoms with Crippen molar-refractivity contribution in [1.29, 1.82) is 0 Å². The number of aliphatic hydroxyl groups is 1. The number of hydrogen-bond acceptors (Lipinski definition) is 6. The van der Waals surface area contributed by atoms with Crippen LogP contribution < -0.4 is 0 Å². The van der Waals surface area contributed by atoms with Crippen molar-refractivity contribution in [1.82, 2.24) is 0 Å². The van der Waals surface area contributed by atoms with Gasteiger partial charge >= 0.3 is 12.1 Å². The molecule has 0 fully saturated rings. The summed E-state index contributed by atoms with van der Waals surface area (Å²) in [6, 6.07) is 0. The van der Waals surface area contributed by atoms with Crippen molar-refractivity contribution in [3.63, 3.8) is 0 Å². The highest BCUT2D eigenvalue weighted by Gasteiger charge is 2.30. The summed E-state index contributed by atoms with van der Waals surface area (Å²) < 4.78 is 13.9. The first-order valence-electron chi connectivity index (χ1n) is 4.98. The van der Waals surface area contributed by atoms with Gasteiger partial charge in [-0.15, -0.1) is 0 Å². The lowest BCUT2D eigenvalue weighted by molar-refractivity contribution is -0.180. The third-order valence-corrected chi connectivity index (χ3v) is 1.75. The van der Waals surface area contributed by atoms with E-state index in [1.165, 1.54) is 20.8 Å². The molecule has 1 atom stereocenters. The first kappa shape index (κ1) is 14.7. The van der Waals surface area contributed by atoms with Crippen LogP contribution in [0.15, 0.2) is 0 Å². The molecule has 0 aromatic heterocycles. The van der Waals surface area contributed by atoms with Gasteiger partial charge in [0.1, 0.15) is 0 Å². The molecular formula is C10H18O6. The summed E-state index contributed by atoms with van der Waals surface area (Å²) in [5.41, 5.74) is -1.02. The molecule has 0 radical (unpaired) electrons. The van der Waals surface area contributed by atoms with E-state index >= 15 is 0 Å². The fourth-order valence-corrected chi connectivity index (χ4v) is 0.686. The molecule has 0 heterocycles. The van der Waals surface area contributed by atoms with Crippen molar-refractivity contribution in [2.75, 3.05) is 13.2 Å². The molecule has 6 heteroatoms. The van der Waals surface area contributed by atoms with Gasteiger partial charge in [-0.3, -0.25) is 4.79 Å². The van der Waals surface area contributed by atoms with Crippen molar-refractivity contribution in [3.8, 4) is 0 Å². The monoisotopic (exact) mass is 234 g/mol. The van der Waals surface area contributed by atoms with Crippen LogP contribution in [0.1, 0.15) is 27.7 Å². The summed E-state index contributed by atoms with van der Waals surface area (Å²) in [4.78, 5) is 22.3. The second-order valence-electron chi connectivity index (χ2n) is 3.82. The highest BCUT2D eigenvalue weighted by atomic mass is 16.8. The summed E-state index contributed by atoms with van der Waals surface area (Å²) in [7, 11) is 0. The number of esters is 1. The molecule has 0 aliphatic heterocycles. The Morgan fingerprint density at radius 2 is 1.88 bits per heavy atom. The Morgan fingerprint density at radius 1 is 1.31 bits per heavy atom. The Hall–Kier alpha value is -1.30. The molecule has 0 aliphatic carbocycles. The zero-order valence-electron chi connectivity index (χ0n) is 9.98. The van der Waals surface area contributed by atoms with Gasteiger partial charge in [0.25, 0.3) is 0 Å². The van der Waals surface area contributed by atoms with Crippen LogP contribution in [-0.4, -0.2) is 36.7 Å². The molecule has 0 spiro atoms. The Bertz CT molecular complexity index is 248. The molecule has 16 heavy (non-hydrogen) atoms. The maximum Gasteiger partial charge on any atom is 0.511 e. The van der Waals surface area contributed by atoms with Gasteiger partial charge in [0.15, 0.2) is 0 Å². The molecule has 1 unspecified atom stereocenters. The lowest BCUT2D eigenvalue weighted by atomic mass is 9.95. The van der Waals surface area contributed by atoms with E-state index in [9.17, 15) is 9.59 Å². The average molecular weight is 234 g/mol. The van der Waals surface area contributed by atoms with Gasteiger partial charge in [-0.05, 0) is 20.8 Å². The van der Waals surface area contributed by atoms with Gasteiger partial charge in [0, 0.05) is 6.92 Å². The molecule has 0 rings (SSSR count). The average Bonchev–Trinajstić information content (AvgIpc) is 2.17. The van der Waals surface area contributed by atoms with Gasteiger partial charge in [-0.2, -0.15) is 0 Å². The minimum Gasteiger partial charge on any atom is -0.435 e. The maximum atomic E-state index is 11.4. The van der Waals surface area contributed by atoms with E-state index in [0.717, 1.165) is 0 Å². The van der Waals surface area contributed by atoms with Crippen LogP contribution >= 0.6 is 0 Å². The van der Waals surface area contributed by atoms with E-state index < -0.39 is 23.8 Å². The Labute approximate surface area is 94.5 Å². The normalized spacial score (nSPS) is 12.8. The van der Waals surface area contributed by atoms with Gasteiger partial charge in [0.2, 0.25) is 6.29 Å². The van der Waals surface area contributed by atoms with Crippen molar-refractivity contribution in [2.45, 2.75) is 34.0 Å².